The molecule has 2 amide bonds. The predicted molar refractivity (Wildman–Crippen MR) is 109 cm³/mol. The Kier molecular flexibility index (Phi) is 5.12. The van der Waals surface area contributed by atoms with Crippen LogP contribution in [-0.2, 0) is 4.79 Å². The summed E-state index contributed by atoms with van der Waals surface area (Å²) < 4.78 is 1.14. The molecule has 0 aliphatic carbocycles. The molecule has 1 fully saturated rings. The van der Waals surface area contributed by atoms with E-state index in [0.717, 1.165) is 28.1 Å². The van der Waals surface area contributed by atoms with Crippen LogP contribution in [0.1, 0.15) is 41.2 Å². The van der Waals surface area contributed by atoms with E-state index < -0.39 is 0 Å². The van der Waals surface area contributed by atoms with Crippen molar-refractivity contribution in [1.29, 1.82) is 0 Å². The molecule has 9 heteroatoms. The fourth-order valence-electron chi connectivity index (χ4n) is 3.16. The van der Waals surface area contributed by atoms with Gasteiger partial charge in [-0.2, -0.15) is 0 Å². The number of aromatic nitrogens is 2. The lowest BCUT2D eigenvalue weighted by molar-refractivity contribution is -0.114. The second kappa shape index (κ2) is 7.53. The number of thiazole rings is 2. The van der Waals surface area contributed by atoms with Gasteiger partial charge in [0.15, 0.2) is 5.13 Å². The average molecular weight is 421 g/mol. The highest BCUT2D eigenvalue weighted by molar-refractivity contribution is 7.18. The fourth-order valence-corrected chi connectivity index (χ4v) is 5.18. The Morgan fingerprint density at radius 2 is 2.04 bits per heavy atom. The van der Waals surface area contributed by atoms with Gasteiger partial charge in [-0.3, -0.25) is 9.59 Å². The number of piperidine rings is 1. The van der Waals surface area contributed by atoms with E-state index in [4.69, 9.17) is 16.6 Å². The third-order valence-electron chi connectivity index (χ3n) is 4.50. The lowest BCUT2D eigenvalue weighted by atomic mass is 9.97. The van der Waals surface area contributed by atoms with E-state index in [9.17, 15) is 9.59 Å². The summed E-state index contributed by atoms with van der Waals surface area (Å²) in [5, 5.41) is 6.56. The van der Waals surface area contributed by atoms with Crippen LogP contribution in [0.2, 0.25) is 5.02 Å². The third-order valence-corrected chi connectivity index (χ3v) is 6.70. The minimum atomic E-state index is -0.193. The van der Waals surface area contributed by atoms with Gasteiger partial charge in [-0.25, -0.2) is 9.97 Å². The van der Waals surface area contributed by atoms with Crippen LogP contribution in [0.3, 0.4) is 0 Å². The summed E-state index contributed by atoms with van der Waals surface area (Å²) in [5.74, 6) is 0.0780. The van der Waals surface area contributed by atoms with Crippen molar-refractivity contribution in [2.75, 3.05) is 18.4 Å². The maximum Gasteiger partial charge on any atom is 0.273 e. The number of likely N-dealkylation sites (tertiary alicyclic amines) is 1. The molecule has 0 spiro atoms. The Morgan fingerprint density at radius 3 is 2.78 bits per heavy atom. The highest BCUT2D eigenvalue weighted by atomic mass is 35.5. The third kappa shape index (κ3) is 3.97. The van der Waals surface area contributed by atoms with E-state index in [1.165, 1.54) is 18.3 Å². The van der Waals surface area contributed by atoms with E-state index >= 15 is 0 Å². The number of hydrogen-bond donors (Lipinski definition) is 1. The van der Waals surface area contributed by atoms with Gasteiger partial charge in [0.05, 0.1) is 15.2 Å². The molecular formula is C18H17ClN4O2S2. The zero-order chi connectivity index (χ0) is 19.0. The van der Waals surface area contributed by atoms with Gasteiger partial charge >= 0.3 is 0 Å². The number of anilines is 1. The molecule has 0 bridgehead atoms. The highest BCUT2D eigenvalue weighted by Gasteiger charge is 2.27. The van der Waals surface area contributed by atoms with E-state index in [2.05, 4.69) is 10.3 Å². The summed E-state index contributed by atoms with van der Waals surface area (Å²) in [6.45, 7) is 2.77. The zero-order valence-electron chi connectivity index (χ0n) is 14.6. The van der Waals surface area contributed by atoms with Crippen LogP contribution in [0.5, 0.6) is 0 Å². The van der Waals surface area contributed by atoms with Crippen molar-refractivity contribution < 1.29 is 9.59 Å². The number of carbonyl (C=O) groups is 2. The van der Waals surface area contributed by atoms with Crippen LogP contribution in [0, 0.1) is 0 Å². The molecule has 1 N–H and O–H groups in total. The SMILES string of the molecule is CC(=O)Nc1nc(C(=O)N2CCC(c3nc4cc(Cl)ccc4s3)CC2)cs1. The van der Waals surface area contributed by atoms with Gasteiger partial charge in [0.2, 0.25) is 5.91 Å². The Bertz CT molecular complexity index is 1010. The predicted octanol–water partition coefficient (Wildman–Crippen LogP) is 4.38. The number of benzene rings is 1. The van der Waals surface area contributed by atoms with E-state index in [1.54, 1.807) is 16.7 Å². The molecule has 0 atom stereocenters. The smallest absolute Gasteiger partial charge is 0.273 e. The number of rotatable bonds is 3. The molecule has 0 saturated carbocycles. The van der Waals surface area contributed by atoms with Gasteiger partial charge in [-0.15, -0.1) is 22.7 Å². The summed E-state index contributed by atoms with van der Waals surface area (Å²) >= 11 is 9.01. The molecule has 1 saturated heterocycles. The first-order valence-electron chi connectivity index (χ1n) is 8.58. The first kappa shape index (κ1) is 18.3. The minimum Gasteiger partial charge on any atom is -0.337 e. The Hall–Kier alpha value is -2.03. The second-order valence-corrected chi connectivity index (χ2v) is 8.81. The molecule has 1 aliphatic rings. The number of carbonyl (C=O) groups excluding carboxylic acids is 2. The second-order valence-electron chi connectivity index (χ2n) is 6.45. The van der Waals surface area contributed by atoms with E-state index in [0.29, 0.717) is 34.9 Å². The maximum absolute atomic E-state index is 12.7. The van der Waals surface area contributed by atoms with Crippen LogP contribution in [0.15, 0.2) is 23.6 Å². The van der Waals surface area contributed by atoms with E-state index in [1.807, 2.05) is 23.1 Å². The molecular weight excluding hydrogens is 404 g/mol. The van der Waals surface area contributed by atoms with Gasteiger partial charge in [0.1, 0.15) is 5.69 Å². The topological polar surface area (TPSA) is 75.2 Å². The van der Waals surface area contributed by atoms with Crippen LogP contribution < -0.4 is 5.32 Å². The molecule has 1 aliphatic heterocycles. The molecule has 0 unspecified atom stereocenters. The largest absolute Gasteiger partial charge is 0.337 e. The van der Waals surface area contributed by atoms with Crippen molar-refractivity contribution in [2.24, 2.45) is 0 Å². The normalized spacial score (nSPS) is 15.3. The number of nitrogens with zero attached hydrogens (tertiary/aromatic N) is 3. The van der Waals surface area contributed by atoms with Crippen LogP contribution in [0.4, 0.5) is 5.13 Å². The molecule has 0 radical (unpaired) electrons. The standard InChI is InChI=1S/C18H17ClN4O2S2/c1-10(24)20-18-22-14(9-26-18)17(25)23-6-4-11(5-7-23)16-21-13-8-12(19)2-3-15(13)27-16/h2-3,8-9,11H,4-7H2,1H3,(H,20,22,24). The number of halogens is 1. The van der Waals surface area contributed by atoms with Gasteiger partial charge < -0.3 is 10.2 Å². The fraction of sp³-hybridized carbons (Fsp3) is 0.333. The van der Waals surface area contributed by atoms with Crippen molar-refractivity contribution in [3.8, 4) is 0 Å². The van der Waals surface area contributed by atoms with Crippen molar-refractivity contribution in [3.05, 3.63) is 39.3 Å². The summed E-state index contributed by atoms with van der Waals surface area (Å²) in [6, 6.07) is 5.78. The van der Waals surface area contributed by atoms with Gasteiger partial charge in [0, 0.05) is 36.3 Å². The summed E-state index contributed by atoms with van der Waals surface area (Å²) in [5.41, 5.74) is 1.32. The molecule has 3 heterocycles. The molecule has 1 aromatic carbocycles. The quantitative estimate of drug-likeness (QED) is 0.682. The summed E-state index contributed by atoms with van der Waals surface area (Å²) in [7, 11) is 0. The number of amides is 2. The molecule has 2 aromatic heterocycles. The monoisotopic (exact) mass is 420 g/mol. The first-order valence-corrected chi connectivity index (χ1v) is 10.7. The first-order chi connectivity index (χ1) is 13.0. The molecule has 6 nitrogen and oxygen atoms in total. The van der Waals surface area contributed by atoms with Crippen LogP contribution >= 0.6 is 34.3 Å². The van der Waals surface area contributed by atoms with Crippen molar-refractivity contribution in [1.82, 2.24) is 14.9 Å². The molecule has 140 valence electrons. The number of fused-ring (bicyclic) bond motifs is 1. The average Bonchev–Trinajstić information content (AvgIpc) is 3.27. The maximum atomic E-state index is 12.7. The van der Waals surface area contributed by atoms with Crippen LogP contribution in [-0.4, -0.2) is 39.8 Å². The lowest BCUT2D eigenvalue weighted by Gasteiger charge is -2.30. The van der Waals surface area contributed by atoms with Gasteiger partial charge in [-0.05, 0) is 31.0 Å². The number of nitrogens with one attached hydrogen (secondary N) is 1. The Balaban J connectivity index is 1.41. The van der Waals surface area contributed by atoms with Crippen molar-refractivity contribution >= 4 is 61.4 Å². The number of hydrogen-bond acceptors (Lipinski definition) is 6. The van der Waals surface area contributed by atoms with Gasteiger partial charge in [0.25, 0.3) is 5.91 Å². The summed E-state index contributed by atoms with van der Waals surface area (Å²) in [6.07, 6.45) is 1.75. The van der Waals surface area contributed by atoms with Crippen molar-refractivity contribution in [2.45, 2.75) is 25.7 Å². The Labute approximate surface area is 169 Å². The van der Waals surface area contributed by atoms with Crippen molar-refractivity contribution in [3.63, 3.8) is 0 Å². The Morgan fingerprint density at radius 1 is 1.26 bits per heavy atom. The van der Waals surface area contributed by atoms with Gasteiger partial charge in [-0.1, -0.05) is 11.6 Å². The minimum absolute atomic E-state index is 0.0858. The zero-order valence-corrected chi connectivity index (χ0v) is 17.0. The molecule has 4 rings (SSSR count). The summed E-state index contributed by atoms with van der Waals surface area (Å²) in [4.78, 5) is 34.5. The lowest BCUT2D eigenvalue weighted by Crippen LogP contribution is -2.38. The molecule has 3 aromatic rings. The van der Waals surface area contributed by atoms with Crippen LogP contribution in [0.25, 0.3) is 10.2 Å². The van der Waals surface area contributed by atoms with E-state index in [-0.39, 0.29) is 11.8 Å². The highest BCUT2D eigenvalue weighted by Crippen LogP contribution is 2.35. The molecule has 27 heavy (non-hydrogen) atoms.